The number of sulfonamides is 1. The van der Waals surface area contributed by atoms with E-state index in [1.165, 1.54) is 0 Å². The van der Waals surface area contributed by atoms with Crippen LogP contribution < -0.4 is 5.32 Å². The van der Waals surface area contributed by atoms with Crippen LogP contribution in [0.15, 0.2) is 29.2 Å². The zero-order valence-electron chi connectivity index (χ0n) is 16.5. The molecule has 7 heteroatoms. The lowest BCUT2D eigenvalue weighted by Gasteiger charge is -2.20. The molecular weight excluding hydrogens is 374 g/mol. The van der Waals surface area contributed by atoms with E-state index >= 15 is 0 Å². The summed E-state index contributed by atoms with van der Waals surface area (Å²) >= 11 is 0. The summed E-state index contributed by atoms with van der Waals surface area (Å²) in [4.78, 5) is 13.0. The molecular formula is C21H29N3O3S. The van der Waals surface area contributed by atoms with E-state index in [0.29, 0.717) is 23.7 Å². The van der Waals surface area contributed by atoms with Crippen molar-refractivity contribution in [2.45, 2.75) is 62.3 Å². The van der Waals surface area contributed by atoms with Crippen molar-refractivity contribution < 1.29 is 13.2 Å². The first kappa shape index (κ1) is 19.5. The van der Waals surface area contributed by atoms with Crippen molar-refractivity contribution >= 4 is 26.8 Å². The van der Waals surface area contributed by atoms with Crippen molar-refractivity contribution in [3.63, 3.8) is 0 Å². The second kappa shape index (κ2) is 7.87. The highest BCUT2D eigenvalue weighted by Gasteiger charge is 2.26. The van der Waals surface area contributed by atoms with Crippen LogP contribution in [0.4, 0.5) is 0 Å². The van der Waals surface area contributed by atoms with Gasteiger partial charge in [0, 0.05) is 37.1 Å². The SMILES string of the molecule is Cn1c(C(=O)NC2CCCC2)cc2cc(S(=O)(=O)N3CCCCCC3)ccc21. The first-order valence-corrected chi connectivity index (χ1v) is 11.8. The number of aromatic nitrogens is 1. The number of nitrogens with zero attached hydrogens (tertiary/aromatic N) is 2. The standard InChI is InChI=1S/C21H29N3O3S/c1-23-19-11-10-18(28(26,27)24-12-6-2-3-7-13-24)14-16(19)15-20(23)21(25)22-17-8-4-5-9-17/h10-11,14-15,17H,2-9,12-13H2,1H3,(H,22,25). The number of benzene rings is 1. The molecule has 28 heavy (non-hydrogen) atoms. The summed E-state index contributed by atoms with van der Waals surface area (Å²) in [6.45, 7) is 1.18. The molecule has 2 heterocycles. The molecule has 1 aliphatic carbocycles. The fourth-order valence-electron chi connectivity index (χ4n) is 4.47. The Bertz CT molecular complexity index is 966. The Labute approximate surface area is 166 Å². The molecule has 2 aromatic rings. The highest BCUT2D eigenvalue weighted by molar-refractivity contribution is 7.89. The van der Waals surface area contributed by atoms with E-state index in [4.69, 9.17) is 0 Å². The molecule has 0 radical (unpaired) electrons. The van der Waals surface area contributed by atoms with Crippen LogP contribution in [-0.4, -0.2) is 42.3 Å². The summed E-state index contributed by atoms with van der Waals surface area (Å²) < 4.78 is 29.6. The first-order chi connectivity index (χ1) is 13.5. The normalized spacial score (nSPS) is 19.8. The van der Waals surface area contributed by atoms with Crippen LogP contribution in [0.3, 0.4) is 0 Å². The lowest BCUT2D eigenvalue weighted by Crippen LogP contribution is -2.33. The molecule has 2 fully saturated rings. The Morgan fingerprint density at radius 2 is 1.68 bits per heavy atom. The minimum Gasteiger partial charge on any atom is -0.348 e. The van der Waals surface area contributed by atoms with E-state index in [1.807, 2.05) is 17.7 Å². The molecule has 1 aliphatic heterocycles. The number of rotatable bonds is 4. The molecule has 0 atom stereocenters. The van der Waals surface area contributed by atoms with Crippen LogP contribution in [0.1, 0.15) is 61.9 Å². The Balaban J connectivity index is 1.62. The summed E-state index contributed by atoms with van der Waals surface area (Å²) in [6.07, 6.45) is 8.40. The van der Waals surface area contributed by atoms with Crippen molar-refractivity contribution in [2.24, 2.45) is 7.05 Å². The van der Waals surface area contributed by atoms with E-state index in [-0.39, 0.29) is 11.9 Å². The van der Waals surface area contributed by atoms with Gasteiger partial charge in [0.1, 0.15) is 5.69 Å². The van der Waals surface area contributed by atoms with Gasteiger partial charge >= 0.3 is 0 Å². The van der Waals surface area contributed by atoms with Crippen molar-refractivity contribution in [1.29, 1.82) is 0 Å². The average molecular weight is 404 g/mol. The molecule has 1 aromatic carbocycles. The molecule has 1 amide bonds. The maximum Gasteiger partial charge on any atom is 0.268 e. The summed E-state index contributed by atoms with van der Waals surface area (Å²) in [7, 11) is -1.64. The second-order valence-electron chi connectivity index (χ2n) is 8.08. The summed E-state index contributed by atoms with van der Waals surface area (Å²) in [5.74, 6) is -0.0810. The van der Waals surface area contributed by atoms with Crippen LogP contribution in [-0.2, 0) is 17.1 Å². The molecule has 6 nitrogen and oxygen atoms in total. The van der Waals surface area contributed by atoms with Crippen molar-refractivity contribution in [3.8, 4) is 0 Å². The molecule has 4 rings (SSSR count). The fraction of sp³-hybridized carbons (Fsp3) is 0.571. The molecule has 152 valence electrons. The van der Waals surface area contributed by atoms with Crippen LogP contribution >= 0.6 is 0 Å². The van der Waals surface area contributed by atoms with E-state index < -0.39 is 10.0 Å². The predicted molar refractivity (Wildman–Crippen MR) is 110 cm³/mol. The maximum atomic E-state index is 13.1. The summed E-state index contributed by atoms with van der Waals surface area (Å²) in [5, 5.41) is 3.90. The molecule has 0 unspecified atom stereocenters. The number of amides is 1. The van der Waals surface area contributed by atoms with Gasteiger partial charge in [-0.05, 0) is 49.9 Å². The zero-order valence-corrected chi connectivity index (χ0v) is 17.3. The zero-order chi connectivity index (χ0) is 19.7. The van der Waals surface area contributed by atoms with Gasteiger partial charge < -0.3 is 9.88 Å². The number of hydrogen-bond acceptors (Lipinski definition) is 3. The monoisotopic (exact) mass is 403 g/mol. The topological polar surface area (TPSA) is 71.4 Å². The summed E-state index contributed by atoms with van der Waals surface area (Å²) in [5.41, 5.74) is 1.44. The highest BCUT2D eigenvalue weighted by Crippen LogP contribution is 2.26. The smallest absolute Gasteiger partial charge is 0.268 e. The highest BCUT2D eigenvalue weighted by atomic mass is 32.2. The van der Waals surface area contributed by atoms with E-state index in [9.17, 15) is 13.2 Å². The van der Waals surface area contributed by atoms with Gasteiger partial charge in [-0.1, -0.05) is 25.7 Å². The fourth-order valence-corrected chi connectivity index (χ4v) is 6.02. The van der Waals surface area contributed by atoms with Gasteiger partial charge in [-0.3, -0.25) is 4.79 Å². The minimum absolute atomic E-state index is 0.0810. The van der Waals surface area contributed by atoms with Crippen LogP contribution in [0.25, 0.3) is 10.9 Å². The quantitative estimate of drug-likeness (QED) is 0.850. The molecule has 0 spiro atoms. The third-order valence-corrected chi connectivity index (χ3v) is 8.03. The Morgan fingerprint density at radius 3 is 2.36 bits per heavy atom. The van der Waals surface area contributed by atoms with Crippen molar-refractivity contribution in [3.05, 3.63) is 30.0 Å². The van der Waals surface area contributed by atoms with E-state index in [2.05, 4.69) is 5.32 Å². The van der Waals surface area contributed by atoms with Crippen molar-refractivity contribution in [1.82, 2.24) is 14.2 Å². The third-order valence-electron chi connectivity index (χ3n) is 6.14. The minimum atomic E-state index is -3.50. The molecule has 0 bridgehead atoms. The largest absolute Gasteiger partial charge is 0.348 e. The number of hydrogen-bond donors (Lipinski definition) is 1. The molecule has 2 aliphatic rings. The van der Waals surface area contributed by atoms with Gasteiger partial charge in [0.2, 0.25) is 10.0 Å². The average Bonchev–Trinajstić information content (AvgIpc) is 3.19. The van der Waals surface area contributed by atoms with E-state index in [0.717, 1.165) is 62.3 Å². The van der Waals surface area contributed by atoms with Gasteiger partial charge in [0.15, 0.2) is 0 Å². The number of aryl methyl sites for hydroxylation is 1. The van der Waals surface area contributed by atoms with Crippen LogP contribution in [0.2, 0.25) is 0 Å². The Morgan fingerprint density at radius 1 is 1.00 bits per heavy atom. The van der Waals surface area contributed by atoms with Crippen molar-refractivity contribution in [2.75, 3.05) is 13.1 Å². The maximum absolute atomic E-state index is 13.1. The number of carbonyl (C=O) groups excluding carboxylic acids is 1. The summed E-state index contributed by atoms with van der Waals surface area (Å²) in [6, 6.07) is 7.25. The molecule has 1 N–H and O–H groups in total. The van der Waals surface area contributed by atoms with Gasteiger partial charge in [0.05, 0.1) is 4.90 Å². The molecule has 1 aromatic heterocycles. The van der Waals surface area contributed by atoms with Crippen LogP contribution in [0, 0.1) is 0 Å². The second-order valence-corrected chi connectivity index (χ2v) is 10.0. The van der Waals surface area contributed by atoms with Gasteiger partial charge in [-0.2, -0.15) is 4.31 Å². The number of nitrogens with one attached hydrogen (secondary N) is 1. The van der Waals surface area contributed by atoms with Crippen LogP contribution in [0.5, 0.6) is 0 Å². The Hall–Kier alpha value is -1.86. The lowest BCUT2D eigenvalue weighted by molar-refractivity contribution is 0.0930. The number of carbonyl (C=O) groups is 1. The number of fused-ring (bicyclic) bond motifs is 1. The van der Waals surface area contributed by atoms with Gasteiger partial charge in [-0.25, -0.2) is 8.42 Å². The molecule has 1 saturated heterocycles. The Kier molecular flexibility index (Phi) is 5.47. The third kappa shape index (κ3) is 3.70. The van der Waals surface area contributed by atoms with Gasteiger partial charge in [0.25, 0.3) is 5.91 Å². The first-order valence-electron chi connectivity index (χ1n) is 10.4. The van der Waals surface area contributed by atoms with E-state index in [1.54, 1.807) is 22.5 Å². The van der Waals surface area contributed by atoms with Gasteiger partial charge in [-0.15, -0.1) is 0 Å². The lowest BCUT2D eigenvalue weighted by atomic mass is 10.2. The molecule has 1 saturated carbocycles. The predicted octanol–water partition coefficient (Wildman–Crippen LogP) is 3.42.